The number of anilines is 1. The normalized spacial score (nSPS) is 13.1. The first-order valence-corrected chi connectivity index (χ1v) is 6.29. The Morgan fingerprint density at radius 1 is 1.59 bits per heavy atom. The van der Waals surface area contributed by atoms with Gasteiger partial charge in [-0.1, -0.05) is 0 Å². The van der Waals surface area contributed by atoms with Gasteiger partial charge in [0.15, 0.2) is 5.65 Å². The Hall–Kier alpha value is -1.14. The zero-order valence-electron chi connectivity index (χ0n) is 9.85. The maximum atomic E-state index is 5.92. The molecule has 0 aromatic carbocycles. The zero-order chi connectivity index (χ0) is 12.4. The molecular weight excluding hydrogens is 284 g/mol. The van der Waals surface area contributed by atoms with Crippen LogP contribution in [0.5, 0.6) is 0 Å². The summed E-state index contributed by atoms with van der Waals surface area (Å²) >= 11 is 3.37. The molecular formula is C11H15BrN4O. The number of nitrogens with zero attached hydrogens (tertiary/aromatic N) is 3. The van der Waals surface area contributed by atoms with Crippen molar-refractivity contribution < 1.29 is 4.74 Å². The van der Waals surface area contributed by atoms with E-state index in [0.29, 0.717) is 19.2 Å². The molecule has 0 spiro atoms. The van der Waals surface area contributed by atoms with Gasteiger partial charge in [-0.2, -0.15) is 0 Å². The van der Waals surface area contributed by atoms with Crippen LogP contribution < -0.4 is 5.73 Å². The molecule has 92 valence electrons. The van der Waals surface area contributed by atoms with Gasteiger partial charge in [0.1, 0.15) is 5.52 Å². The molecule has 0 aliphatic carbocycles. The number of hydrogen-bond donors (Lipinski definition) is 1. The van der Waals surface area contributed by atoms with Gasteiger partial charge in [-0.15, -0.1) is 0 Å². The number of ether oxygens (including phenoxy) is 1. The molecule has 2 N–H and O–H groups in total. The maximum Gasteiger partial charge on any atom is 0.202 e. The highest BCUT2D eigenvalue weighted by Crippen LogP contribution is 2.23. The molecule has 0 aliphatic rings. The molecule has 0 radical (unpaired) electrons. The predicted octanol–water partition coefficient (Wildman–Crippen LogP) is 2.37. The van der Waals surface area contributed by atoms with E-state index in [2.05, 4.69) is 25.9 Å². The van der Waals surface area contributed by atoms with Crippen LogP contribution in [0.4, 0.5) is 5.95 Å². The van der Waals surface area contributed by atoms with Gasteiger partial charge in [0.25, 0.3) is 0 Å². The van der Waals surface area contributed by atoms with Crippen LogP contribution in [0.25, 0.3) is 11.2 Å². The van der Waals surface area contributed by atoms with Gasteiger partial charge in [-0.25, -0.2) is 9.97 Å². The smallest absolute Gasteiger partial charge is 0.202 e. The molecule has 1 unspecified atom stereocenters. The third kappa shape index (κ3) is 2.42. The summed E-state index contributed by atoms with van der Waals surface area (Å²) in [6.07, 6.45) is 1.74. The molecule has 17 heavy (non-hydrogen) atoms. The van der Waals surface area contributed by atoms with Gasteiger partial charge in [0.05, 0.1) is 12.6 Å². The van der Waals surface area contributed by atoms with E-state index in [0.717, 1.165) is 15.6 Å². The van der Waals surface area contributed by atoms with E-state index in [1.54, 1.807) is 6.20 Å². The number of pyridine rings is 1. The SMILES string of the molecule is CCOCC(C)n1c(N)nc2cc(Br)cnc21. The lowest BCUT2D eigenvalue weighted by molar-refractivity contribution is 0.120. The van der Waals surface area contributed by atoms with Gasteiger partial charge in [0, 0.05) is 17.3 Å². The maximum absolute atomic E-state index is 5.92. The van der Waals surface area contributed by atoms with E-state index < -0.39 is 0 Å². The largest absolute Gasteiger partial charge is 0.380 e. The third-order valence-corrected chi connectivity index (χ3v) is 2.96. The monoisotopic (exact) mass is 298 g/mol. The predicted molar refractivity (Wildman–Crippen MR) is 70.8 cm³/mol. The van der Waals surface area contributed by atoms with Crippen LogP contribution in [-0.4, -0.2) is 27.7 Å². The number of rotatable bonds is 4. The molecule has 2 rings (SSSR count). The summed E-state index contributed by atoms with van der Waals surface area (Å²) in [6.45, 7) is 5.30. The van der Waals surface area contributed by atoms with Gasteiger partial charge < -0.3 is 10.5 Å². The summed E-state index contributed by atoms with van der Waals surface area (Å²) in [7, 11) is 0. The quantitative estimate of drug-likeness (QED) is 0.941. The van der Waals surface area contributed by atoms with Gasteiger partial charge in [0.2, 0.25) is 5.95 Å². The van der Waals surface area contributed by atoms with E-state index in [1.807, 2.05) is 24.5 Å². The van der Waals surface area contributed by atoms with Gasteiger partial charge >= 0.3 is 0 Å². The molecule has 0 aliphatic heterocycles. The van der Waals surface area contributed by atoms with E-state index in [-0.39, 0.29) is 6.04 Å². The Morgan fingerprint density at radius 2 is 2.35 bits per heavy atom. The lowest BCUT2D eigenvalue weighted by Crippen LogP contribution is -2.15. The van der Waals surface area contributed by atoms with Crippen LogP contribution in [0, 0.1) is 0 Å². The van der Waals surface area contributed by atoms with E-state index in [4.69, 9.17) is 10.5 Å². The number of nitrogens with two attached hydrogens (primary N) is 1. The lowest BCUT2D eigenvalue weighted by atomic mass is 10.3. The minimum absolute atomic E-state index is 0.119. The zero-order valence-corrected chi connectivity index (χ0v) is 11.4. The third-order valence-electron chi connectivity index (χ3n) is 2.53. The van der Waals surface area contributed by atoms with Crippen molar-refractivity contribution in [1.82, 2.24) is 14.5 Å². The Balaban J connectivity index is 2.42. The first kappa shape index (κ1) is 12.3. The second-order valence-electron chi connectivity index (χ2n) is 3.84. The van der Waals surface area contributed by atoms with Crippen molar-refractivity contribution in [3.8, 4) is 0 Å². The van der Waals surface area contributed by atoms with E-state index in [1.165, 1.54) is 0 Å². The first-order chi connectivity index (χ1) is 8.13. The molecule has 5 nitrogen and oxygen atoms in total. The first-order valence-electron chi connectivity index (χ1n) is 5.50. The number of halogens is 1. The van der Waals surface area contributed by atoms with E-state index in [9.17, 15) is 0 Å². The van der Waals surface area contributed by atoms with Crippen molar-refractivity contribution in [2.24, 2.45) is 0 Å². The van der Waals surface area contributed by atoms with Crippen molar-refractivity contribution >= 4 is 33.0 Å². The van der Waals surface area contributed by atoms with Gasteiger partial charge in [-0.05, 0) is 35.8 Å². The average Bonchev–Trinajstić information content (AvgIpc) is 2.61. The molecule has 2 aromatic rings. The van der Waals surface area contributed by atoms with Crippen molar-refractivity contribution in [3.63, 3.8) is 0 Å². The van der Waals surface area contributed by atoms with Crippen LogP contribution in [-0.2, 0) is 4.74 Å². The molecule has 6 heteroatoms. The summed E-state index contributed by atoms with van der Waals surface area (Å²) in [5.74, 6) is 0.470. The number of fused-ring (bicyclic) bond motifs is 1. The van der Waals surface area contributed by atoms with Crippen molar-refractivity contribution in [2.75, 3.05) is 18.9 Å². The Labute approximate surface area is 108 Å². The number of imidazole rings is 1. The van der Waals surface area contributed by atoms with Crippen molar-refractivity contribution in [3.05, 3.63) is 16.7 Å². The molecule has 1 atom stereocenters. The van der Waals surface area contributed by atoms with E-state index >= 15 is 0 Å². The molecule has 0 saturated heterocycles. The second kappa shape index (κ2) is 5.01. The number of aromatic nitrogens is 3. The summed E-state index contributed by atoms with van der Waals surface area (Å²) in [4.78, 5) is 8.64. The fourth-order valence-electron chi connectivity index (χ4n) is 1.77. The minimum Gasteiger partial charge on any atom is -0.380 e. The highest BCUT2D eigenvalue weighted by Gasteiger charge is 2.15. The van der Waals surface area contributed by atoms with Crippen LogP contribution >= 0.6 is 15.9 Å². The molecule has 0 amide bonds. The fraction of sp³-hybridized carbons (Fsp3) is 0.455. The lowest BCUT2D eigenvalue weighted by Gasteiger charge is -2.14. The van der Waals surface area contributed by atoms with Crippen LogP contribution in [0.1, 0.15) is 19.9 Å². The number of nitrogen functional groups attached to an aromatic ring is 1. The molecule has 2 aromatic heterocycles. The highest BCUT2D eigenvalue weighted by molar-refractivity contribution is 9.10. The van der Waals surface area contributed by atoms with Crippen molar-refractivity contribution in [2.45, 2.75) is 19.9 Å². The Kier molecular flexibility index (Phi) is 3.63. The topological polar surface area (TPSA) is 66.0 Å². The molecule has 0 saturated carbocycles. The van der Waals surface area contributed by atoms with Crippen LogP contribution in [0.2, 0.25) is 0 Å². The summed E-state index contributed by atoms with van der Waals surface area (Å²) in [5, 5.41) is 0. The highest BCUT2D eigenvalue weighted by atomic mass is 79.9. The van der Waals surface area contributed by atoms with Crippen LogP contribution in [0.15, 0.2) is 16.7 Å². The fourth-order valence-corrected chi connectivity index (χ4v) is 2.09. The molecule has 0 bridgehead atoms. The number of hydrogen-bond acceptors (Lipinski definition) is 4. The summed E-state index contributed by atoms with van der Waals surface area (Å²) in [6, 6.07) is 2.02. The standard InChI is InChI=1S/C11H15BrN4O/c1-3-17-6-7(2)16-10-9(15-11(16)13)4-8(12)5-14-10/h4-5,7H,3,6H2,1-2H3,(H2,13,15). The Morgan fingerprint density at radius 3 is 3.06 bits per heavy atom. The average molecular weight is 299 g/mol. The van der Waals surface area contributed by atoms with Crippen LogP contribution in [0.3, 0.4) is 0 Å². The minimum atomic E-state index is 0.119. The van der Waals surface area contributed by atoms with Crippen molar-refractivity contribution in [1.29, 1.82) is 0 Å². The van der Waals surface area contributed by atoms with Gasteiger partial charge in [-0.3, -0.25) is 4.57 Å². The second-order valence-corrected chi connectivity index (χ2v) is 4.76. The molecule has 0 fully saturated rings. The Bertz CT molecular complexity index is 525. The molecule has 2 heterocycles. The summed E-state index contributed by atoms with van der Waals surface area (Å²) < 4.78 is 8.20. The summed E-state index contributed by atoms with van der Waals surface area (Å²) in [5.41, 5.74) is 7.50.